The predicted molar refractivity (Wildman–Crippen MR) is 129 cm³/mol. The van der Waals surface area contributed by atoms with Crippen LogP contribution in [0.3, 0.4) is 0 Å². The van der Waals surface area contributed by atoms with Crippen LogP contribution >= 0.6 is 23.1 Å². The van der Waals surface area contributed by atoms with Gasteiger partial charge in [-0.1, -0.05) is 36.0 Å². The van der Waals surface area contributed by atoms with Crippen LogP contribution in [0.25, 0.3) is 22.3 Å². The summed E-state index contributed by atoms with van der Waals surface area (Å²) in [5.74, 6) is 1.42. The Labute approximate surface area is 197 Å². The van der Waals surface area contributed by atoms with E-state index in [1.54, 1.807) is 11.3 Å². The lowest BCUT2D eigenvalue weighted by Gasteiger charge is -2.05. The van der Waals surface area contributed by atoms with Gasteiger partial charge in [0.2, 0.25) is 11.8 Å². The van der Waals surface area contributed by atoms with E-state index in [9.17, 15) is 4.79 Å². The highest BCUT2D eigenvalue weighted by Gasteiger charge is 2.12. The lowest BCUT2D eigenvalue weighted by atomic mass is 10.1. The second-order valence-electron chi connectivity index (χ2n) is 7.33. The number of carbonyl (C=O) groups is 1. The molecule has 0 bridgehead atoms. The molecule has 0 aliphatic carbocycles. The predicted octanol–water partition coefficient (Wildman–Crippen LogP) is 4.89. The number of aromatic nitrogens is 5. The summed E-state index contributed by atoms with van der Waals surface area (Å²) in [5.41, 5.74) is 4.54. The number of anilines is 1. The molecule has 0 radical (unpaired) electrons. The summed E-state index contributed by atoms with van der Waals surface area (Å²) in [6.07, 6.45) is 1.23. The van der Waals surface area contributed by atoms with Crippen LogP contribution in [0.1, 0.15) is 16.7 Å². The number of rotatable bonds is 8. The summed E-state index contributed by atoms with van der Waals surface area (Å²) < 4.78 is 5.67. The van der Waals surface area contributed by atoms with Gasteiger partial charge in [-0.25, -0.2) is 9.97 Å². The van der Waals surface area contributed by atoms with E-state index in [2.05, 4.69) is 30.5 Å². The van der Waals surface area contributed by atoms with Gasteiger partial charge in [0.1, 0.15) is 5.82 Å². The molecule has 5 aromatic rings. The molecule has 33 heavy (non-hydrogen) atoms. The van der Waals surface area contributed by atoms with Crippen molar-refractivity contribution in [2.75, 3.05) is 11.1 Å². The number of benzene rings is 2. The van der Waals surface area contributed by atoms with Gasteiger partial charge in [-0.05, 0) is 31.2 Å². The lowest BCUT2D eigenvalue weighted by molar-refractivity contribution is -0.113. The maximum atomic E-state index is 12.4. The van der Waals surface area contributed by atoms with E-state index >= 15 is 0 Å². The summed E-state index contributed by atoms with van der Waals surface area (Å²) in [6, 6.07) is 15.5. The summed E-state index contributed by atoms with van der Waals surface area (Å²) in [4.78, 5) is 24.7. The van der Waals surface area contributed by atoms with E-state index in [0.717, 1.165) is 38.8 Å². The molecule has 2 N–H and O–H groups in total. The Balaban J connectivity index is 1.12. The zero-order valence-electron chi connectivity index (χ0n) is 17.7. The third-order valence-corrected chi connectivity index (χ3v) is 6.44. The second-order valence-corrected chi connectivity index (χ2v) is 9.32. The molecule has 0 atom stereocenters. The largest absolute Gasteiger partial charge is 0.416 e. The first-order valence-corrected chi connectivity index (χ1v) is 12.2. The van der Waals surface area contributed by atoms with Crippen molar-refractivity contribution in [1.82, 2.24) is 25.1 Å². The van der Waals surface area contributed by atoms with Crippen molar-refractivity contribution < 1.29 is 9.21 Å². The summed E-state index contributed by atoms with van der Waals surface area (Å²) in [6.45, 7) is 1.97. The Hall–Kier alpha value is -3.50. The second kappa shape index (κ2) is 9.55. The van der Waals surface area contributed by atoms with Gasteiger partial charge in [-0.15, -0.1) is 21.5 Å². The molecule has 8 nitrogen and oxygen atoms in total. The van der Waals surface area contributed by atoms with Crippen molar-refractivity contribution in [2.24, 2.45) is 0 Å². The topological polar surface area (TPSA) is 110 Å². The smallest absolute Gasteiger partial charge is 0.277 e. The monoisotopic (exact) mass is 476 g/mol. The maximum absolute atomic E-state index is 12.4. The molecule has 0 spiro atoms. The Kier molecular flexibility index (Phi) is 6.18. The Morgan fingerprint density at radius 3 is 2.88 bits per heavy atom. The zero-order valence-corrected chi connectivity index (χ0v) is 19.4. The average Bonchev–Trinajstić information content (AvgIpc) is 3.55. The number of H-pyrrole nitrogens is 1. The molecular formula is C23H20N6O2S2. The van der Waals surface area contributed by atoms with Crippen LogP contribution in [0.2, 0.25) is 0 Å². The Bertz CT molecular complexity index is 1370. The minimum Gasteiger partial charge on any atom is -0.416 e. The molecule has 3 aromatic heterocycles. The molecule has 0 aliphatic rings. The summed E-state index contributed by atoms with van der Waals surface area (Å²) in [5, 5.41) is 14.4. The Morgan fingerprint density at radius 2 is 2.03 bits per heavy atom. The first kappa shape index (κ1) is 21.4. The van der Waals surface area contributed by atoms with E-state index in [1.807, 2.05) is 60.8 Å². The fourth-order valence-corrected chi connectivity index (χ4v) is 4.53. The quantitative estimate of drug-likeness (QED) is 0.307. The normalized spacial score (nSPS) is 11.2. The molecule has 1 amide bonds. The molecule has 0 fully saturated rings. The van der Waals surface area contributed by atoms with Gasteiger partial charge in [0.25, 0.3) is 5.22 Å². The minimum atomic E-state index is -0.145. The highest BCUT2D eigenvalue weighted by atomic mass is 32.2. The van der Waals surface area contributed by atoms with Gasteiger partial charge in [-0.2, -0.15) is 0 Å². The molecule has 3 heterocycles. The first-order chi connectivity index (χ1) is 16.1. The SMILES string of the molecule is Cc1nc(-c2cccc(NC(=O)CSc3nnc(CCc4nc5ccccc5[nH]4)o3)c2)cs1. The third kappa shape index (κ3) is 5.29. The fourth-order valence-electron chi connectivity index (χ4n) is 3.32. The molecule has 0 unspecified atom stereocenters. The molecule has 5 rings (SSSR count). The van der Waals surface area contributed by atoms with Crippen molar-refractivity contribution in [3.63, 3.8) is 0 Å². The number of para-hydroxylation sites is 2. The van der Waals surface area contributed by atoms with Crippen molar-refractivity contribution in [3.8, 4) is 11.3 Å². The molecule has 10 heteroatoms. The van der Waals surface area contributed by atoms with Crippen molar-refractivity contribution in [2.45, 2.75) is 25.0 Å². The van der Waals surface area contributed by atoms with Crippen molar-refractivity contribution in [1.29, 1.82) is 0 Å². The highest BCUT2D eigenvalue weighted by Crippen LogP contribution is 2.24. The summed E-state index contributed by atoms with van der Waals surface area (Å²) >= 11 is 2.81. The van der Waals surface area contributed by atoms with E-state index in [-0.39, 0.29) is 11.7 Å². The van der Waals surface area contributed by atoms with Gasteiger partial charge in [0, 0.05) is 29.5 Å². The summed E-state index contributed by atoms with van der Waals surface area (Å²) in [7, 11) is 0. The number of hydrogen-bond donors (Lipinski definition) is 2. The molecule has 0 saturated carbocycles. The van der Waals surface area contributed by atoms with Crippen molar-refractivity contribution in [3.05, 3.63) is 70.6 Å². The number of amides is 1. The third-order valence-electron chi connectivity index (χ3n) is 4.85. The van der Waals surface area contributed by atoms with Crippen LogP contribution in [0.15, 0.2) is 63.6 Å². The van der Waals surface area contributed by atoms with Crippen molar-refractivity contribution >= 4 is 45.7 Å². The molecule has 0 aliphatic heterocycles. The lowest BCUT2D eigenvalue weighted by Crippen LogP contribution is -2.14. The van der Waals surface area contributed by atoms with E-state index in [0.29, 0.717) is 24.0 Å². The number of thioether (sulfide) groups is 1. The average molecular weight is 477 g/mol. The van der Waals surface area contributed by atoms with E-state index < -0.39 is 0 Å². The number of fused-ring (bicyclic) bond motifs is 1. The number of nitrogens with zero attached hydrogens (tertiary/aromatic N) is 4. The number of nitrogens with one attached hydrogen (secondary N) is 2. The Morgan fingerprint density at radius 1 is 1.12 bits per heavy atom. The molecule has 166 valence electrons. The van der Waals surface area contributed by atoms with Crippen LogP contribution in [0.5, 0.6) is 0 Å². The van der Waals surface area contributed by atoms with Gasteiger partial charge in [-0.3, -0.25) is 4.79 Å². The van der Waals surface area contributed by atoms with Crippen LogP contribution in [-0.2, 0) is 17.6 Å². The molecule has 0 saturated heterocycles. The van der Waals surface area contributed by atoms with E-state index in [4.69, 9.17) is 4.42 Å². The van der Waals surface area contributed by atoms with Crippen LogP contribution in [0, 0.1) is 6.92 Å². The number of aryl methyl sites for hydroxylation is 3. The number of thiazole rings is 1. The van der Waals surface area contributed by atoms with Gasteiger partial charge < -0.3 is 14.7 Å². The maximum Gasteiger partial charge on any atom is 0.277 e. The van der Waals surface area contributed by atoms with Gasteiger partial charge >= 0.3 is 0 Å². The molecule has 2 aromatic carbocycles. The number of aromatic amines is 1. The first-order valence-electron chi connectivity index (χ1n) is 10.3. The minimum absolute atomic E-state index is 0.145. The number of hydrogen-bond acceptors (Lipinski definition) is 8. The number of carbonyl (C=O) groups excluding carboxylic acids is 1. The fraction of sp³-hybridized carbons (Fsp3) is 0.174. The van der Waals surface area contributed by atoms with Crippen LogP contribution in [-0.4, -0.2) is 36.8 Å². The highest BCUT2D eigenvalue weighted by molar-refractivity contribution is 7.99. The number of imidazole rings is 1. The van der Waals surface area contributed by atoms with E-state index in [1.165, 1.54) is 11.8 Å². The standard InChI is InChI=1S/C23H20N6O2S2/c1-14-24-19(12-32-14)15-5-4-6-16(11-15)25-21(30)13-33-23-29-28-22(31-23)10-9-20-26-17-7-2-3-8-18(17)27-20/h2-8,11-12H,9-10,13H2,1H3,(H,25,30)(H,26,27). The zero-order chi connectivity index (χ0) is 22.6. The molecular weight excluding hydrogens is 456 g/mol. The van der Waals surface area contributed by atoms with Crippen LogP contribution in [0.4, 0.5) is 5.69 Å². The van der Waals surface area contributed by atoms with Crippen LogP contribution < -0.4 is 5.32 Å². The van der Waals surface area contributed by atoms with Gasteiger partial charge in [0.15, 0.2) is 0 Å². The van der Waals surface area contributed by atoms with Gasteiger partial charge in [0.05, 0.1) is 27.5 Å².